The maximum Gasteiger partial charge on any atom is 0.209 e. The van der Waals surface area contributed by atoms with Crippen LogP contribution in [0.5, 0.6) is 0 Å². The van der Waals surface area contributed by atoms with E-state index in [0.717, 1.165) is 36.6 Å². The monoisotopic (exact) mass is 283 g/mol. The standard InChI is InChI=1S/C13H21N3O2S/c1-11-5-7-16(8-6-11)13-4-3-12(9-14-13)10-15-19(2,17)18/h3-4,9,11,15H,5-8,10H2,1-2H3. The highest BCUT2D eigenvalue weighted by atomic mass is 32.2. The van der Waals surface area contributed by atoms with Crippen molar-refractivity contribution >= 4 is 15.8 Å². The van der Waals surface area contributed by atoms with E-state index in [1.807, 2.05) is 12.1 Å². The zero-order chi connectivity index (χ0) is 13.9. The van der Waals surface area contributed by atoms with Crippen LogP contribution in [0.2, 0.25) is 0 Å². The predicted octanol–water partition coefficient (Wildman–Crippen LogP) is 1.37. The van der Waals surface area contributed by atoms with E-state index in [2.05, 4.69) is 21.5 Å². The number of aromatic nitrogens is 1. The first-order chi connectivity index (χ1) is 8.94. The van der Waals surface area contributed by atoms with Crippen LogP contribution in [-0.2, 0) is 16.6 Å². The lowest BCUT2D eigenvalue weighted by Crippen LogP contribution is -2.33. The highest BCUT2D eigenvalue weighted by Crippen LogP contribution is 2.21. The summed E-state index contributed by atoms with van der Waals surface area (Å²) in [5.41, 5.74) is 0.875. The van der Waals surface area contributed by atoms with E-state index in [4.69, 9.17) is 0 Å². The molecular weight excluding hydrogens is 262 g/mol. The summed E-state index contributed by atoms with van der Waals surface area (Å²) >= 11 is 0. The molecule has 0 spiro atoms. The maximum atomic E-state index is 11.0. The van der Waals surface area contributed by atoms with Gasteiger partial charge < -0.3 is 4.90 Å². The van der Waals surface area contributed by atoms with Gasteiger partial charge in [-0.1, -0.05) is 13.0 Å². The highest BCUT2D eigenvalue weighted by Gasteiger charge is 2.16. The van der Waals surface area contributed by atoms with Crippen molar-refractivity contribution in [3.63, 3.8) is 0 Å². The number of pyridine rings is 1. The third-order valence-electron chi connectivity index (χ3n) is 3.46. The minimum absolute atomic E-state index is 0.295. The molecule has 0 bridgehead atoms. The lowest BCUT2D eigenvalue weighted by atomic mass is 9.99. The molecule has 1 N–H and O–H groups in total. The maximum absolute atomic E-state index is 11.0. The number of nitrogens with one attached hydrogen (secondary N) is 1. The smallest absolute Gasteiger partial charge is 0.209 e. The molecule has 106 valence electrons. The molecule has 0 unspecified atom stereocenters. The summed E-state index contributed by atoms with van der Waals surface area (Å²) in [7, 11) is -3.15. The predicted molar refractivity (Wildman–Crippen MR) is 76.5 cm³/mol. The summed E-state index contributed by atoms with van der Waals surface area (Å²) in [5.74, 6) is 1.78. The van der Waals surface area contributed by atoms with Gasteiger partial charge in [0.15, 0.2) is 0 Å². The molecule has 2 heterocycles. The average molecular weight is 283 g/mol. The molecule has 0 atom stereocenters. The third kappa shape index (κ3) is 4.47. The number of anilines is 1. The number of hydrogen-bond donors (Lipinski definition) is 1. The van der Waals surface area contributed by atoms with Crippen molar-refractivity contribution in [2.45, 2.75) is 26.3 Å². The molecule has 6 heteroatoms. The van der Waals surface area contributed by atoms with Gasteiger partial charge in [-0.2, -0.15) is 0 Å². The van der Waals surface area contributed by atoms with E-state index in [-0.39, 0.29) is 0 Å². The first-order valence-electron chi connectivity index (χ1n) is 6.58. The quantitative estimate of drug-likeness (QED) is 0.906. The van der Waals surface area contributed by atoms with Crippen molar-refractivity contribution in [2.24, 2.45) is 5.92 Å². The number of sulfonamides is 1. The number of hydrogen-bond acceptors (Lipinski definition) is 4. The average Bonchev–Trinajstić information content (AvgIpc) is 2.37. The first-order valence-corrected chi connectivity index (χ1v) is 8.48. The van der Waals surface area contributed by atoms with Crippen molar-refractivity contribution < 1.29 is 8.42 Å². The lowest BCUT2D eigenvalue weighted by molar-refractivity contribution is 0.436. The second kappa shape index (κ2) is 5.88. The van der Waals surface area contributed by atoms with Crippen molar-refractivity contribution in [2.75, 3.05) is 24.2 Å². The van der Waals surface area contributed by atoms with Crippen LogP contribution in [0.4, 0.5) is 5.82 Å². The third-order valence-corrected chi connectivity index (χ3v) is 4.12. The van der Waals surface area contributed by atoms with Gasteiger partial charge in [0.25, 0.3) is 0 Å². The van der Waals surface area contributed by atoms with Gasteiger partial charge in [-0.05, 0) is 30.4 Å². The Hall–Kier alpha value is -1.14. The molecule has 0 amide bonds. The van der Waals surface area contributed by atoms with Crippen molar-refractivity contribution in [1.82, 2.24) is 9.71 Å². The Bertz CT molecular complexity index is 505. The molecule has 19 heavy (non-hydrogen) atoms. The van der Waals surface area contributed by atoms with E-state index >= 15 is 0 Å². The van der Waals surface area contributed by atoms with Crippen LogP contribution >= 0.6 is 0 Å². The van der Waals surface area contributed by atoms with Crippen LogP contribution in [0.3, 0.4) is 0 Å². The summed E-state index contributed by atoms with van der Waals surface area (Å²) in [6.45, 7) is 4.68. The Balaban J connectivity index is 1.94. The largest absolute Gasteiger partial charge is 0.357 e. The second-order valence-corrected chi connectivity index (χ2v) is 7.12. The van der Waals surface area contributed by atoms with Crippen LogP contribution in [-0.4, -0.2) is 32.7 Å². The molecule has 0 aromatic carbocycles. The molecule has 2 rings (SSSR count). The minimum atomic E-state index is -3.15. The van der Waals surface area contributed by atoms with Gasteiger partial charge in [0.1, 0.15) is 5.82 Å². The number of nitrogens with zero attached hydrogens (tertiary/aromatic N) is 2. The molecule has 5 nitrogen and oxygen atoms in total. The topological polar surface area (TPSA) is 62.3 Å². The first kappa shape index (κ1) is 14.3. The second-order valence-electron chi connectivity index (χ2n) is 5.29. The molecule has 1 fully saturated rings. The fourth-order valence-corrected chi connectivity index (χ4v) is 2.59. The molecule has 1 aliphatic heterocycles. The van der Waals surface area contributed by atoms with E-state index < -0.39 is 10.0 Å². The summed E-state index contributed by atoms with van der Waals surface area (Å²) in [4.78, 5) is 6.70. The van der Waals surface area contributed by atoms with Crippen LogP contribution in [0, 0.1) is 5.92 Å². The molecule has 0 saturated carbocycles. The molecule has 1 aromatic heterocycles. The van der Waals surface area contributed by atoms with E-state index in [1.54, 1.807) is 6.20 Å². The Kier molecular flexibility index (Phi) is 4.42. The normalized spacial score (nSPS) is 17.7. The summed E-state index contributed by atoms with van der Waals surface area (Å²) in [6, 6.07) is 3.90. The lowest BCUT2D eigenvalue weighted by Gasteiger charge is -2.31. The van der Waals surface area contributed by atoms with Crippen LogP contribution in [0.1, 0.15) is 25.3 Å². The molecule has 1 aliphatic rings. The summed E-state index contributed by atoms with van der Waals surface area (Å²) in [5, 5.41) is 0. The van der Waals surface area contributed by atoms with Crippen LogP contribution < -0.4 is 9.62 Å². The minimum Gasteiger partial charge on any atom is -0.357 e. The van der Waals surface area contributed by atoms with E-state index in [1.165, 1.54) is 12.8 Å². The van der Waals surface area contributed by atoms with Gasteiger partial charge in [0.05, 0.1) is 6.26 Å². The zero-order valence-corrected chi connectivity index (χ0v) is 12.3. The van der Waals surface area contributed by atoms with Crippen LogP contribution in [0.25, 0.3) is 0 Å². The SMILES string of the molecule is CC1CCN(c2ccc(CNS(C)(=O)=O)cn2)CC1. The van der Waals surface area contributed by atoms with Crippen molar-refractivity contribution in [3.8, 4) is 0 Å². The van der Waals surface area contributed by atoms with E-state index in [9.17, 15) is 8.42 Å². The van der Waals surface area contributed by atoms with Gasteiger partial charge in [-0.25, -0.2) is 18.1 Å². The van der Waals surface area contributed by atoms with Gasteiger partial charge >= 0.3 is 0 Å². The Morgan fingerprint density at radius 2 is 2.05 bits per heavy atom. The molecule has 1 saturated heterocycles. The Morgan fingerprint density at radius 1 is 1.37 bits per heavy atom. The Labute approximate surface area is 115 Å². The fraction of sp³-hybridized carbons (Fsp3) is 0.615. The molecule has 0 radical (unpaired) electrons. The highest BCUT2D eigenvalue weighted by molar-refractivity contribution is 7.88. The van der Waals surface area contributed by atoms with Crippen molar-refractivity contribution in [3.05, 3.63) is 23.9 Å². The number of rotatable bonds is 4. The van der Waals surface area contributed by atoms with Gasteiger partial charge in [0, 0.05) is 25.8 Å². The van der Waals surface area contributed by atoms with Gasteiger partial charge in [0.2, 0.25) is 10.0 Å². The summed E-state index contributed by atoms with van der Waals surface area (Å²) in [6.07, 6.45) is 5.31. The fourth-order valence-electron chi connectivity index (χ4n) is 2.16. The number of piperidine rings is 1. The molecule has 1 aromatic rings. The molecule has 0 aliphatic carbocycles. The summed E-state index contributed by atoms with van der Waals surface area (Å²) < 4.78 is 24.5. The van der Waals surface area contributed by atoms with E-state index in [0.29, 0.717) is 6.54 Å². The Morgan fingerprint density at radius 3 is 2.58 bits per heavy atom. The van der Waals surface area contributed by atoms with Crippen LogP contribution in [0.15, 0.2) is 18.3 Å². The van der Waals surface area contributed by atoms with Gasteiger partial charge in [-0.15, -0.1) is 0 Å². The van der Waals surface area contributed by atoms with Crippen molar-refractivity contribution in [1.29, 1.82) is 0 Å². The molecular formula is C13H21N3O2S. The zero-order valence-electron chi connectivity index (χ0n) is 11.5. The van der Waals surface area contributed by atoms with Gasteiger partial charge in [-0.3, -0.25) is 0 Å².